The zero-order valence-electron chi connectivity index (χ0n) is 42.2. The highest BCUT2D eigenvalue weighted by molar-refractivity contribution is 5.76. The van der Waals surface area contributed by atoms with Crippen molar-refractivity contribution in [2.75, 3.05) is 6.61 Å². The molecular weight excluding hydrogens is 795 g/mol. The molecule has 4 nitrogen and oxygen atoms in total. The molecule has 0 aliphatic carbocycles. The zero-order valence-corrected chi connectivity index (χ0v) is 42.2. The first-order valence-electron chi connectivity index (χ1n) is 26.9. The van der Waals surface area contributed by atoms with Gasteiger partial charge in [0.15, 0.2) is 0 Å². The van der Waals surface area contributed by atoms with E-state index in [0.717, 1.165) is 89.9 Å². The van der Waals surface area contributed by atoms with E-state index in [1.165, 1.54) is 116 Å². The van der Waals surface area contributed by atoms with Gasteiger partial charge in [-0.15, -0.1) is 0 Å². The molecular formula is C61H101NO3. The van der Waals surface area contributed by atoms with E-state index in [1.54, 1.807) is 6.08 Å². The van der Waals surface area contributed by atoms with Crippen molar-refractivity contribution in [3.8, 4) is 0 Å². The van der Waals surface area contributed by atoms with Gasteiger partial charge in [-0.2, -0.15) is 0 Å². The highest BCUT2D eigenvalue weighted by Crippen LogP contribution is 2.14. The molecule has 4 heteroatoms. The van der Waals surface area contributed by atoms with Gasteiger partial charge in [0, 0.05) is 6.42 Å². The Morgan fingerprint density at radius 2 is 0.692 bits per heavy atom. The summed E-state index contributed by atoms with van der Waals surface area (Å²) < 4.78 is 0. The summed E-state index contributed by atoms with van der Waals surface area (Å²) >= 11 is 0. The van der Waals surface area contributed by atoms with Crippen LogP contribution in [-0.2, 0) is 4.79 Å². The molecule has 65 heavy (non-hydrogen) atoms. The van der Waals surface area contributed by atoms with Gasteiger partial charge in [-0.25, -0.2) is 0 Å². The molecule has 1 amide bonds. The third kappa shape index (κ3) is 51.4. The summed E-state index contributed by atoms with van der Waals surface area (Å²) in [6.07, 6.45) is 85.9. The van der Waals surface area contributed by atoms with Gasteiger partial charge in [-0.3, -0.25) is 4.79 Å². The fraction of sp³-hybridized carbons (Fsp3) is 0.623. The molecule has 3 N–H and O–H groups in total. The Morgan fingerprint density at radius 1 is 0.385 bits per heavy atom. The Labute approximate surface area is 402 Å². The highest BCUT2D eigenvalue weighted by Gasteiger charge is 2.17. The zero-order chi connectivity index (χ0) is 47.0. The summed E-state index contributed by atoms with van der Waals surface area (Å²) in [6.45, 7) is 4.16. The number of aliphatic hydroxyl groups is 2. The molecule has 0 aromatic carbocycles. The van der Waals surface area contributed by atoms with E-state index in [-0.39, 0.29) is 12.5 Å². The maximum absolute atomic E-state index is 12.4. The predicted octanol–water partition coefficient (Wildman–Crippen LogP) is 17.9. The fourth-order valence-corrected chi connectivity index (χ4v) is 7.28. The van der Waals surface area contributed by atoms with Gasteiger partial charge in [0.25, 0.3) is 0 Å². The number of hydrogen-bond donors (Lipinski definition) is 3. The molecule has 0 spiro atoms. The van der Waals surface area contributed by atoms with Crippen LogP contribution in [-0.4, -0.2) is 34.9 Å². The van der Waals surface area contributed by atoms with E-state index < -0.39 is 12.1 Å². The third-order valence-electron chi connectivity index (χ3n) is 11.3. The van der Waals surface area contributed by atoms with E-state index in [4.69, 9.17) is 0 Å². The Bertz CT molecular complexity index is 1340. The first kappa shape index (κ1) is 61.5. The number of carbonyl (C=O) groups excluding carboxylic acids is 1. The maximum Gasteiger partial charge on any atom is 0.220 e. The van der Waals surface area contributed by atoms with Crippen molar-refractivity contribution in [1.29, 1.82) is 0 Å². The fourth-order valence-electron chi connectivity index (χ4n) is 7.28. The van der Waals surface area contributed by atoms with Gasteiger partial charge >= 0.3 is 0 Å². The van der Waals surface area contributed by atoms with Crippen LogP contribution in [0.1, 0.15) is 226 Å². The molecule has 0 bridgehead atoms. The lowest BCUT2D eigenvalue weighted by Gasteiger charge is -2.19. The second kappa shape index (κ2) is 54.9. The van der Waals surface area contributed by atoms with Crippen LogP contribution in [0.2, 0.25) is 0 Å². The molecule has 0 aromatic rings. The summed E-state index contributed by atoms with van der Waals surface area (Å²) in [7, 11) is 0. The Hall–Kier alpha value is -3.47. The second-order valence-corrected chi connectivity index (χ2v) is 17.5. The minimum Gasteiger partial charge on any atom is -0.394 e. The van der Waals surface area contributed by atoms with Crippen molar-refractivity contribution in [3.63, 3.8) is 0 Å². The average Bonchev–Trinajstić information content (AvgIpc) is 3.31. The maximum atomic E-state index is 12.4. The largest absolute Gasteiger partial charge is 0.394 e. The van der Waals surface area contributed by atoms with Crippen LogP contribution in [0.25, 0.3) is 0 Å². The van der Waals surface area contributed by atoms with Crippen LogP contribution in [0.15, 0.2) is 134 Å². The molecule has 0 heterocycles. The number of unbranched alkanes of at least 4 members (excludes halogenated alkanes) is 20. The predicted molar refractivity (Wildman–Crippen MR) is 289 cm³/mol. The summed E-state index contributed by atoms with van der Waals surface area (Å²) in [6, 6.07) is -0.655. The highest BCUT2D eigenvalue weighted by atomic mass is 16.3. The summed E-state index contributed by atoms with van der Waals surface area (Å²) in [5, 5.41) is 23.1. The van der Waals surface area contributed by atoms with E-state index in [2.05, 4.69) is 141 Å². The van der Waals surface area contributed by atoms with Gasteiger partial charge in [-0.1, -0.05) is 244 Å². The second-order valence-electron chi connectivity index (χ2n) is 17.5. The van der Waals surface area contributed by atoms with E-state index in [0.29, 0.717) is 6.42 Å². The molecule has 0 radical (unpaired) electrons. The van der Waals surface area contributed by atoms with E-state index in [1.807, 2.05) is 6.08 Å². The number of nitrogens with one attached hydrogen (secondary N) is 1. The third-order valence-corrected chi connectivity index (χ3v) is 11.3. The van der Waals surface area contributed by atoms with Crippen molar-refractivity contribution in [1.82, 2.24) is 5.32 Å². The monoisotopic (exact) mass is 896 g/mol. The summed E-state index contributed by atoms with van der Waals surface area (Å²) in [4.78, 5) is 12.4. The molecule has 0 saturated carbocycles. The minimum absolute atomic E-state index is 0.0861. The lowest BCUT2D eigenvalue weighted by molar-refractivity contribution is -0.123. The molecule has 0 aliphatic rings. The molecule has 2 atom stereocenters. The van der Waals surface area contributed by atoms with Crippen LogP contribution in [0.5, 0.6) is 0 Å². The number of hydrogen-bond acceptors (Lipinski definition) is 3. The van der Waals surface area contributed by atoms with Crippen molar-refractivity contribution in [2.45, 2.75) is 238 Å². The van der Waals surface area contributed by atoms with Crippen molar-refractivity contribution < 1.29 is 15.0 Å². The van der Waals surface area contributed by atoms with Gasteiger partial charge in [0.1, 0.15) is 0 Å². The quantitative estimate of drug-likeness (QED) is 0.0421. The molecule has 368 valence electrons. The SMILES string of the molecule is CC/C=C\C/C=C\C/C=C\C/C=C\C/C=C\C/C=C\C/C=C\C/C=C\CCCCCCCCCCCCCCC(=O)NC(CO)C(O)/C=C/CC/C=C/CC/C=C/CCCCCCCC. The number of carbonyl (C=O) groups is 1. The molecule has 0 saturated heterocycles. The molecule has 0 rings (SSSR count). The minimum atomic E-state index is -0.879. The van der Waals surface area contributed by atoms with Crippen LogP contribution in [0, 0.1) is 0 Å². The smallest absolute Gasteiger partial charge is 0.220 e. The average molecular weight is 896 g/mol. The van der Waals surface area contributed by atoms with Gasteiger partial charge in [-0.05, 0) is 109 Å². The van der Waals surface area contributed by atoms with Gasteiger partial charge in [0.2, 0.25) is 5.91 Å². The lowest BCUT2D eigenvalue weighted by Crippen LogP contribution is -2.45. The Balaban J connectivity index is 3.62. The van der Waals surface area contributed by atoms with E-state index >= 15 is 0 Å². The standard InChI is InChI=1S/C61H101NO3/c1-3-5-7-9-11-13-15-17-19-21-22-23-24-25-26-27-28-29-30-31-32-33-34-35-36-37-38-39-40-41-43-45-47-49-51-53-55-57-61(65)62-59(58-63)60(64)56-54-52-50-48-46-44-42-20-18-16-14-12-10-8-6-4-2/h5,7,11,13,17-20,22-23,25-26,28-29,31-32,34-35,46,48,54,56,59-60,63-64H,3-4,6,8-10,12,14-16,21,24,27,30,33,36-45,47,49-53,55,57-58H2,1-2H3,(H,62,65)/b7-5-,13-11-,19-17-,20-18+,23-22-,26-25-,29-28-,32-31-,35-34-,48-46+,56-54+. The van der Waals surface area contributed by atoms with Crippen LogP contribution in [0.4, 0.5) is 0 Å². The molecule has 0 aromatic heterocycles. The first-order valence-corrected chi connectivity index (χ1v) is 26.9. The number of allylic oxidation sites excluding steroid dienone is 21. The van der Waals surface area contributed by atoms with Crippen LogP contribution < -0.4 is 5.32 Å². The first-order chi connectivity index (χ1) is 32.2. The number of aliphatic hydroxyl groups excluding tert-OH is 2. The van der Waals surface area contributed by atoms with E-state index in [9.17, 15) is 15.0 Å². The normalized spacial score (nSPS) is 14.0. The number of amides is 1. The lowest BCUT2D eigenvalue weighted by atomic mass is 10.0. The Kier molecular flexibility index (Phi) is 51.9. The topological polar surface area (TPSA) is 69.6 Å². The van der Waals surface area contributed by atoms with Gasteiger partial charge in [0.05, 0.1) is 18.8 Å². The summed E-state index contributed by atoms with van der Waals surface area (Å²) in [5.74, 6) is -0.0861. The van der Waals surface area contributed by atoms with Crippen molar-refractivity contribution in [3.05, 3.63) is 134 Å². The van der Waals surface area contributed by atoms with Crippen LogP contribution >= 0.6 is 0 Å². The number of rotatable bonds is 47. The molecule has 2 unspecified atom stereocenters. The van der Waals surface area contributed by atoms with Crippen molar-refractivity contribution >= 4 is 5.91 Å². The van der Waals surface area contributed by atoms with Crippen LogP contribution in [0.3, 0.4) is 0 Å². The summed E-state index contributed by atoms with van der Waals surface area (Å²) in [5.41, 5.74) is 0. The van der Waals surface area contributed by atoms with Gasteiger partial charge < -0.3 is 15.5 Å². The Morgan fingerprint density at radius 3 is 1.08 bits per heavy atom. The molecule has 0 fully saturated rings. The molecule has 0 aliphatic heterocycles. The van der Waals surface area contributed by atoms with Crippen molar-refractivity contribution in [2.24, 2.45) is 0 Å².